The van der Waals surface area contributed by atoms with Gasteiger partial charge in [-0.2, -0.15) is 0 Å². The van der Waals surface area contributed by atoms with E-state index in [-0.39, 0.29) is 16.9 Å². The Kier molecular flexibility index (Phi) is 2.44. The van der Waals surface area contributed by atoms with Crippen molar-refractivity contribution >= 4 is 17.7 Å². The van der Waals surface area contributed by atoms with E-state index in [1.165, 1.54) is 7.11 Å². The third kappa shape index (κ3) is 2.10. The van der Waals surface area contributed by atoms with Gasteiger partial charge in [0.25, 0.3) is 0 Å². The number of carbonyl (C=O) groups excluding carboxylic acids is 1. The van der Waals surface area contributed by atoms with Crippen LogP contribution in [-0.4, -0.2) is 29.7 Å². The van der Waals surface area contributed by atoms with Crippen LogP contribution in [0.3, 0.4) is 0 Å². The zero-order valence-corrected chi connectivity index (χ0v) is 7.83. The van der Waals surface area contributed by atoms with E-state index >= 15 is 0 Å². The SMILES string of the molecule is COC(=O)[C@H]1CSC(C)(C)N1. The highest BCUT2D eigenvalue weighted by Gasteiger charge is 2.35. The Bertz CT molecular complexity index is 170. The molecule has 1 N–H and O–H groups in total. The van der Waals surface area contributed by atoms with Gasteiger partial charge in [0.2, 0.25) is 0 Å². The summed E-state index contributed by atoms with van der Waals surface area (Å²) in [5.74, 6) is 0.641. The number of carbonyl (C=O) groups is 1. The molecular weight excluding hydrogens is 162 g/mol. The fourth-order valence-corrected chi connectivity index (χ4v) is 2.09. The first-order valence-electron chi connectivity index (χ1n) is 3.54. The van der Waals surface area contributed by atoms with Gasteiger partial charge >= 0.3 is 5.97 Å². The molecule has 1 aliphatic rings. The number of hydrogen-bond acceptors (Lipinski definition) is 4. The maximum absolute atomic E-state index is 11.0. The molecule has 1 rings (SSSR count). The van der Waals surface area contributed by atoms with Crippen LogP contribution < -0.4 is 5.32 Å². The highest BCUT2D eigenvalue weighted by molar-refractivity contribution is 8.00. The summed E-state index contributed by atoms with van der Waals surface area (Å²) >= 11 is 1.74. The van der Waals surface area contributed by atoms with Crippen LogP contribution in [0, 0.1) is 0 Å². The molecule has 0 aromatic heterocycles. The molecule has 0 radical (unpaired) electrons. The number of rotatable bonds is 1. The monoisotopic (exact) mass is 175 g/mol. The van der Waals surface area contributed by atoms with Gasteiger partial charge in [-0.3, -0.25) is 10.1 Å². The Morgan fingerprint density at radius 2 is 2.36 bits per heavy atom. The van der Waals surface area contributed by atoms with E-state index in [1.54, 1.807) is 11.8 Å². The van der Waals surface area contributed by atoms with Crippen LogP contribution in [0.2, 0.25) is 0 Å². The van der Waals surface area contributed by atoms with Crippen LogP contribution in [0.25, 0.3) is 0 Å². The van der Waals surface area contributed by atoms with Gasteiger partial charge in [-0.05, 0) is 13.8 Å². The highest BCUT2D eigenvalue weighted by atomic mass is 32.2. The summed E-state index contributed by atoms with van der Waals surface area (Å²) < 4.78 is 4.61. The van der Waals surface area contributed by atoms with E-state index in [0.29, 0.717) is 0 Å². The molecular formula is C7H13NO2S. The van der Waals surface area contributed by atoms with Gasteiger partial charge < -0.3 is 4.74 Å². The molecule has 0 aromatic rings. The highest BCUT2D eigenvalue weighted by Crippen LogP contribution is 2.29. The molecule has 1 fully saturated rings. The summed E-state index contributed by atoms with van der Waals surface area (Å²) in [5, 5.41) is 3.17. The third-order valence-electron chi connectivity index (χ3n) is 1.62. The summed E-state index contributed by atoms with van der Waals surface area (Å²) in [6, 6.07) is -0.125. The average Bonchev–Trinajstić information content (AvgIpc) is 2.29. The fourth-order valence-electron chi connectivity index (χ4n) is 1.06. The largest absolute Gasteiger partial charge is 0.468 e. The lowest BCUT2D eigenvalue weighted by atomic mass is 10.3. The number of thioether (sulfide) groups is 1. The van der Waals surface area contributed by atoms with Crippen molar-refractivity contribution in [2.75, 3.05) is 12.9 Å². The van der Waals surface area contributed by atoms with Crippen molar-refractivity contribution in [1.29, 1.82) is 0 Å². The van der Waals surface area contributed by atoms with Crippen LogP contribution >= 0.6 is 11.8 Å². The molecule has 0 aromatic carbocycles. The van der Waals surface area contributed by atoms with Gasteiger partial charge in [-0.25, -0.2) is 0 Å². The fraction of sp³-hybridized carbons (Fsp3) is 0.857. The normalized spacial score (nSPS) is 28.5. The van der Waals surface area contributed by atoms with Crippen LogP contribution in [0.4, 0.5) is 0 Å². The van der Waals surface area contributed by atoms with Crippen molar-refractivity contribution < 1.29 is 9.53 Å². The molecule has 0 unspecified atom stereocenters. The van der Waals surface area contributed by atoms with E-state index in [9.17, 15) is 4.79 Å². The second-order valence-corrected chi connectivity index (χ2v) is 4.68. The molecule has 4 heteroatoms. The van der Waals surface area contributed by atoms with Crippen molar-refractivity contribution in [3.05, 3.63) is 0 Å². The minimum atomic E-state index is -0.164. The lowest BCUT2D eigenvalue weighted by Crippen LogP contribution is -2.41. The van der Waals surface area contributed by atoms with E-state index < -0.39 is 0 Å². The Hall–Kier alpha value is -0.220. The summed E-state index contributed by atoms with van der Waals surface area (Å²) in [5.41, 5.74) is 0. The maximum Gasteiger partial charge on any atom is 0.323 e. The molecule has 64 valence electrons. The molecule has 3 nitrogen and oxygen atoms in total. The number of esters is 1. The molecule has 11 heavy (non-hydrogen) atoms. The molecule has 1 atom stereocenters. The lowest BCUT2D eigenvalue weighted by Gasteiger charge is -2.17. The van der Waals surface area contributed by atoms with Crippen LogP contribution in [0.15, 0.2) is 0 Å². The molecule has 0 saturated carbocycles. The number of hydrogen-bond donors (Lipinski definition) is 1. The Labute approximate surface area is 70.9 Å². The second-order valence-electron chi connectivity index (χ2n) is 3.04. The van der Waals surface area contributed by atoms with E-state index in [4.69, 9.17) is 0 Å². The van der Waals surface area contributed by atoms with Crippen molar-refractivity contribution in [2.45, 2.75) is 24.8 Å². The van der Waals surface area contributed by atoms with Gasteiger partial charge in [-0.15, -0.1) is 11.8 Å². The van der Waals surface area contributed by atoms with Gasteiger partial charge in [0.05, 0.1) is 12.0 Å². The first-order valence-corrected chi connectivity index (χ1v) is 4.53. The van der Waals surface area contributed by atoms with Crippen LogP contribution in [0.1, 0.15) is 13.8 Å². The first-order chi connectivity index (χ1) is 5.05. The summed E-state index contributed by atoms with van der Waals surface area (Å²) in [6.07, 6.45) is 0. The van der Waals surface area contributed by atoms with E-state index in [0.717, 1.165) is 5.75 Å². The standard InChI is InChI=1S/C7H13NO2S/c1-7(2)8-5(4-11-7)6(9)10-3/h5,8H,4H2,1-3H3/t5-/m1/s1. The predicted molar refractivity (Wildman–Crippen MR) is 45.5 cm³/mol. The van der Waals surface area contributed by atoms with Gasteiger partial charge in [0, 0.05) is 5.75 Å². The van der Waals surface area contributed by atoms with Crippen molar-refractivity contribution in [1.82, 2.24) is 5.32 Å². The van der Waals surface area contributed by atoms with Crippen molar-refractivity contribution in [3.63, 3.8) is 0 Å². The Morgan fingerprint density at radius 3 is 2.73 bits per heavy atom. The van der Waals surface area contributed by atoms with Crippen LogP contribution in [0.5, 0.6) is 0 Å². The molecule has 0 amide bonds. The second kappa shape index (κ2) is 3.03. The molecule has 0 bridgehead atoms. The first kappa shape index (κ1) is 8.87. The number of methoxy groups -OCH3 is 1. The molecule has 1 heterocycles. The molecule has 1 aliphatic heterocycles. The number of nitrogens with one attached hydrogen (secondary N) is 1. The summed E-state index contributed by atoms with van der Waals surface area (Å²) in [7, 11) is 1.42. The zero-order chi connectivity index (χ0) is 8.48. The predicted octanol–water partition coefficient (Wildman–Crippen LogP) is 0.600. The van der Waals surface area contributed by atoms with E-state index in [2.05, 4.69) is 23.9 Å². The molecule has 1 saturated heterocycles. The van der Waals surface area contributed by atoms with Crippen molar-refractivity contribution in [2.24, 2.45) is 0 Å². The van der Waals surface area contributed by atoms with Gasteiger partial charge in [0.15, 0.2) is 0 Å². The topological polar surface area (TPSA) is 38.3 Å². The van der Waals surface area contributed by atoms with Gasteiger partial charge in [0.1, 0.15) is 6.04 Å². The maximum atomic E-state index is 11.0. The van der Waals surface area contributed by atoms with Crippen LogP contribution in [-0.2, 0) is 9.53 Å². The zero-order valence-electron chi connectivity index (χ0n) is 7.01. The Balaban J connectivity index is 2.48. The lowest BCUT2D eigenvalue weighted by molar-refractivity contribution is -0.142. The molecule has 0 aliphatic carbocycles. The van der Waals surface area contributed by atoms with Crippen molar-refractivity contribution in [3.8, 4) is 0 Å². The Morgan fingerprint density at radius 1 is 1.73 bits per heavy atom. The summed E-state index contributed by atoms with van der Waals surface area (Å²) in [4.78, 5) is 11.0. The summed E-state index contributed by atoms with van der Waals surface area (Å²) in [6.45, 7) is 4.11. The minimum Gasteiger partial charge on any atom is -0.468 e. The molecule has 0 spiro atoms. The average molecular weight is 175 g/mol. The minimum absolute atomic E-state index is 0.0128. The third-order valence-corrected chi connectivity index (χ3v) is 2.96. The van der Waals surface area contributed by atoms with E-state index in [1.807, 2.05) is 0 Å². The smallest absolute Gasteiger partial charge is 0.323 e. The number of ether oxygens (including phenoxy) is 1. The van der Waals surface area contributed by atoms with Gasteiger partial charge in [-0.1, -0.05) is 0 Å². The quantitative estimate of drug-likeness (QED) is 0.592.